The molecule has 1 atom stereocenters. The lowest BCUT2D eigenvalue weighted by atomic mass is 10.0. The maximum absolute atomic E-state index is 12.1. The molecule has 1 amide bonds. The molecule has 0 aromatic heterocycles. The van der Waals surface area contributed by atoms with Crippen molar-refractivity contribution in [1.29, 1.82) is 0 Å². The van der Waals surface area contributed by atoms with Crippen LogP contribution in [0.3, 0.4) is 0 Å². The summed E-state index contributed by atoms with van der Waals surface area (Å²) in [6, 6.07) is 6.24. The minimum absolute atomic E-state index is 0.0468. The molecule has 1 saturated heterocycles. The summed E-state index contributed by atoms with van der Waals surface area (Å²) in [7, 11) is 0. The van der Waals surface area contributed by atoms with E-state index in [0.717, 1.165) is 42.6 Å². The molecular formula is C14H20N2O. The van der Waals surface area contributed by atoms with Crippen LogP contribution in [-0.2, 0) is 0 Å². The minimum atomic E-state index is 0.0468. The third-order valence-corrected chi connectivity index (χ3v) is 3.12. The van der Waals surface area contributed by atoms with Gasteiger partial charge >= 0.3 is 0 Å². The van der Waals surface area contributed by atoms with E-state index in [0.29, 0.717) is 0 Å². The Balaban J connectivity index is 2.03. The first-order chi connectivity index (χ1) is 8.15. The molecule has 0 spiro atoms. The molecule has 0 aliphatic carbocycles. The lowest BCUT2D eigenvalue weighted by molar-refractivity contribution is 0.0930. The summed E-state index contributed by atoms with van der Waals surface area (Å²) < 4.78 is 0. The smallest absolute Gasteiger partial charge is 0.251 e. The van der Waals surface area contributed by atoms with Gasteiger partial charge in [-0.15, -0.1) is 0 Å². The molecule has 0 saturated carbocycles. The van der Waals surface area contributed by atoms with Gasteiger partial charge in [-0.2, -0.15) is 0 Å². The topological polar surface area (TPSA) is 41.1 Å². The van der Waals surface area contributed by atoms with E-state index in [1.165, 1.54) is 0 Å². The minimum Gasteiger partial charge on any atom is -0.348 e. The van der Waals surface area contributed by atoms with Crippen molar-refractivity contribution < 1.29 is 4.79 Å². The SMILES string of the molecule is Cc1cc(C)cc(C(=O)NC2CCCNC2)c1. The number of piperidine rings is 1. The maximum atomic E-state index is 12.1. The van der Waals surface area contributed by atoms with Crippen molar-refractivity contribution in [3.8, 4) is 0 Å². The summed E-state index contributed by atoms with van der Waals surface area (Å²) in [5.41, 5.74) is 3.04. The Morgan fingerprint density at radius 3 is 2.59 bits per heavy atom. The Morgan fingerprint density at radius 1 is 1.29 bits per heavy atom. The molecular weight excluding hydrogens is 212 g/mol. The Kier molecular flexibility index (Phi) is 3.79. The number of hydrogen-bond acceptors (Lipinski definition) is 2. The van der Waals surface area contributed by atoms with Crippen molar-refractivity contribution in [3.05, 3.63) is 34.9 Å². The van der Waals surface area contributed by atoms with Crippen LogP contribution >= 0.6 is 0 Å². The molecule has 1 heterocycles. The highest BCUT2D eigenvalue weighted by atomic mass is 16.1. The summed E-state index contributed by atoms with van der Waals surface area (Å²) >= 11 is 0. The zero-order valence-electron chi connectivity index (χ0n) is 10.5. The van der Waals surface area contributed by atoms with E-state index in [2.05, 4.69) is 16.7 Å². The highest BCUT2D eigenvalue weighted by Gasteiger charge is 2.16. The van der Waals surface area contributed by atoms with Crippen LogP contribution < -0.4 is 10.6 Å². The summed E-state index contributed by atoms with van der Waals surface area (Å²) in [5.74, 6) is 0.0468. The van der Waals surface area contributed by atoms with Crippen molar-refractivity contribution in [3.63, 3.8) is 0 Å². The first-order valence-corrected chi connectivity index (χ1v) is 6.25. The van der Waals surface area contributed by atoms with Crippen LogP contribution in [0.4, 0.5) is 0 Å². The van der Waals surface area contributed by atoms with Crippen LogP contribution in [0.15, 0.2) is 18.2 Å². The van der Waals surface area contributed by atoms with Gasteiger partial charge < -0.3 is 10.6 Å². The second-order valence-corrected chi connectivity index (χ2v) is 4.89. The van der Waals surface area contributed by atoms with Gasteiger partial charge in [-0.05, 0) is 45.4 Å². The highest BCUT2D eigenvalue weighted by Crippen LogP contribution is 2.10. The fraction of sp³-hybridized carbons (Fsp3) is 0.500. The largest absolute Gasteiger partial charge is 0.348 e. The fourth-order valence-electron chi connectivity index (χ4n) is 2.35. The predicted molar refractivity (Wildman–Crippen MR) is 69.3 cm³/mol. The number of benzene rings is 1. The Labute approximate surface area is 103 Å². The van der Waals surface area contributed by atoms with Crippen LogP contribution in [0.5, 0.6) is 0 Å². The fourth-order valence-corrected chi connectivity index (χ4v) is 2.35. The van der Waals surface area contributed by atoms with Gasteiger partial charge in [-0.1, -0.05) is 17.2 Å². The maximum Gasteiger partial charge on any atom is 0.251 e. The molecule has 17 heavy (non-hydrogen) atoms. The molecule has 3 nitrogen and oxygen atoms in total. The Bertz CT molecular complexity index is 388. The molecule has 0 bridgehead atoms. The van der Waals surface area contributed by atoms with E-state index in [9.17, 15) is 4.79 Å². The van der Waals surface area contributed by atoms with Gasteiger partial charge in [-0.25, -0.2) is 0 Å². The number of amides is 1. The van der Waals surface area contributed by atoms with Gasteiger partial charge in [0.2, 0.25) is 0 Å². The quantitative estimate of drug-likeness (QED) is 0.816. The number of aryl methyl sites for hydroxylation is 2. The van der Waals surface area contributed by atoms with Gasteiger partial charge in [0.25, 0.3) is 5.91 Å². The lowest BCUT2D eigenvalue weighted by Gasteiger charge is -2.23. The van der Waals surface area contributed by atoms with Crippen molar-refractivity contribution in [2.24, 2.45) is 0 Å². The van der Waals surface area contributed by atoms with Crippen LogP contribution in [0.25, 0.3) is 0 Å². The molecule has 1 aromatic rings. The average Bonchev–Trinajstić information content (AvgIpc) is 2.29. The first kappa shape index (κ1) is 12.1. The van der Waals surface area contributed by atoms with Gasteiger partial charge in [0, 0.05) is 18.2 Å². The average molecular weight is 232 g/mol. The number of hydrogen-bond donors (Lipinski definition) is 2. The molecule has 1 aliphatic rings. The zero-order valence-corrected chi connectivity index (χ0v) is 10.5. The Morgan fingerprint density at radius 2 is 2.00 bits per heavy atom. The normalized spacial score (nSPS) is 20.0. The third kappa shape index (κ3) is 3.30. The monoisotopic (exact) mass is 232 g/mol. The van der Waals surface area contributed by atoms with Crippen LogP contribution in [0.2, 0.25) is 0 Å². The second-order valence-electron chi connectivity index (χ2n) is 4.89. The molecule has 2 rings (SSSR count). The van der Waals surface area contributed by atoms with E-state index in [1.54, 1.807) is 0 Å². The van der Waals surface area contributed by atoms with E-state index < -0.39 is 0 Å². The standard InChI is InChI=1S/C14H20N2O/c1-10-6-11(2)8-12(7-10)14(17)16-13-4-3-5-15-9-13/h6-8,13,15H,3-5,9H2,1-2H3,(H,16,17). The number of nitrogens with one attached hydrogen (secondary N) is 2. The van der Waals surface area contributed by atoms with E-state index >= 15 is 0 Å². The Hall–Kier alpha value is -1.35. The molecule has 1 aromatic carbocycles. The number of carbonyl (C=O) groups is 1. The summed E-state index contributed by atoms with van der Waals surface area (Å²) in [5, 5.41) is 6.39. The molecule has 92 valence electrons. The molecule has 3 heteroatoms. The zero-order chi connectivity index (χ0) is 12.3. The van der Waals surface area contributed by atoms with Crippen LogP contribution in [-0.4, -0.2) is 25.0 Å². The predicted octanol–water partition coefficient (Wildman–Crippen LogP) is 1.79. The summed E-state index contributed by atoms with van der Waals surface area (Å²) in [6.07, 6.45) is 2.21. The summed E-state index contributed by atoms with van der Waals surface area (Å²) in [4.78, 5) is 12.1. The lowest BCUT2D eigenvalue weighted by Crippen LogP contribution is -2.45. The number of carbonyl (C=O) groups excluding carboxylic acids is 1. The highest BCUT2D eigenvalue weighted by molar-refractivity contribution is 5.94. The van der Waals surface area contributed by atoms with Crippen LogP contribution in [0.1, 0.15) is 34.3 Å². The van der Waals surface area contributed by atoms with Gasteiger partial charge in [0.05, 0.1) is 0 Å². The van der Waals surface area contributed by atoms with Gasteiger partial charge in [0.15, 0.2) is 0 Å². The van der Waals surface area contributed by atoms with E-state index in [4.69, 9.17) is 0 Å². The molecule has 1 aliphatic heterocycles. The van der Waals surface area contributed by atoms with Gasteiger partial charge in [0.1, 0.15) is 0 Å². The molecule has 1 fully saturated rings. The molecule has 0 radical (unpaired) electrons. The van der Waals surface area contributed by atoms with Crippen molar-refractivity contribution in [2.45, 2.75) is 32.7 Å². The number of rotatable bonds is 2. The van der Waals surface area contributed by atoms with Crippen molar-refractivity contribution in [2.75, 3.05) is 13.1 Å². The summed E-state index contributed by atoms with van der Waals surface area (Å²) in [6.45, 7) is 5.99. The molecule has 1 unspecified atom stereocenters. The second kappa shape index (κ2) is 5.32. The van der Waals surface area contributed by atoms with Crippen molar-refractivity contribution >= 4 is 5.91 Å². The third-order valence-electron chi connectivity index (χ3n) is 3.12. The van der Waals surface area contributed by atoms with Crippen molar-refractivity contribution in [1.82, 2.24) is 10.6 Å². The first-order valence-electron chi connectivity index (χ1n) is 6.25. The van der Waals surface area contributed by atoms with Gasteiger partial charge in [-0.3, -0.25) is 4.79 Å². The molecule has 2 N–H and O–H groups in total. The van der Waals surface area contributed by atoms with E-state index in [-0.39, 0.29) is 11.9 Å². The van der Waals surface area contributed by atoms with Crippen LogP contribution in [0, 0.1) is 13.8 Å². The van der Waals surface area contributed by atoms with E-state index in [1.807, 2.05) is 26.0 Å².